The predicted molar refractivity (Wildman–Crippen MR) is 153 cm³/mol. The number of likely N-dealkylation sites (tertiary alicyclic amines) is 2. The monoisotopic (exact) mass is 609 g/mol. The Balaban J connectivity index is 1.26. The molecule has 0 aromatic carbocycles. The summed E-state index contributed by atoms with van der Waals surface area (Å²) in [6, 6.07) is 7.29. The summed E-state index contributed by atoms with van der Waals surface area (Å²) in [7, 11) is 1.36. The Morgan fingerprint density at radius 3 is 2.66 bits per heavy atom. The molecule has 2 saturated heterocycles. The van der Waals surface area contributed by atoms with Gasteiger partial charge in [-0.15, -0.1) is 0 Å². The average Bonchev–Trinajstić information content (AvgIpc) is 3.58. The third-order valence-corrected chi connectivity index (χ3v) is 7.96. The highest BCUT2D eigenvalue weighted by atomic mass is 19.3. The number of nitrogens with zero attached hydrogens (tertiary/aromatic N) is 7. The molecule has 6 heterocycles. The van der Waals surface area contributed by atoms with Gasteiger partial charge in [0.1, 0.15) is 29.3 Å². The van der Waals surface area contributed by atoms with Crippen molar-refractivity contribution >= 4 is 23.1 Å². The summed E-state index contributed by atoms with van der Waals surface area (Å²) >= 11 is 0. The highest BCUT2D eigenvalue weighted by molar-refractivity contribution is 5.98. The first-order chi connectivity index (χ1) is 21.1. The number of rotatable bonds is 7. The smallest absolute Gasteiger partial charge is 0.272 e. The molecule has 4 aromatic heterocycles. The standard InChI is InChI=1S/C29H30F3N9O3/c1-44-27-19(26(42)38-22-15-40(14-20(22)30)28(43)21-4-2-3-7-34-21)10-17(12-35-27)23-11-18(24-25(33)36-16-37-41(23)24)13-39-8-5-29(31,32)6-9-39/h2-4,7,10-12,16,20,22H,5-6,8-9,13-15H2,1H3,(H,38,42)(H2,33,36,37)/t20-,22+/m0/s1. The first-order valence-corrected chi connectivity index (χ1v) is 14.0. The van der Waals surface area contributed by atoms with Gasteiger partial charge in [0.05, 0.1) is 25.4 Å². The molecule has 4 aromatic rings. The zero-order valence-corrected chi connectivity index (χ0v) is 23.8. The highest BCUT2D eigenvalue weighted by Gasteiger charge is 2.38. The number of amides is 2. The predicted octanol–water partition coefficient (Wildman–Crippen LogP) is 2.60. The molecule has 12 nitrogen and oxygen atoms in total. The number of fused-ring (bicyclic) bond motifs is 1. The van der Waals surface area contributed by atoms with Crippen LogP contribution in [0, 0.1) is 0 Å². The van der Waals surface area contributed by atoms with Gasteiger partial charge in [0.2, 0.25) is 5.88 Å². The summed E-state index contributed by atoms with van der Waals surface area (Å²) in [6.45, 7) is 0.571. The van der Waals surface area contributed by atoms with Crippen molar-refractivity contribution in [1.82, 2.24) is 39.7 Å². The van der Waals surface area contributed by atoms with Gasteiger partial charge in [0, 0.05) is 57.0 Å². The summed E-state index contributed by atoms with van der Waals surface area (Å²) in [6.07, 6.45) is 2.32. The Bertz CT molecular complexity index is 1690. The van der Waals surface area contributed by atoms with Gasteiger partial charge in [0.15, 0.2) is 5.82 Å². The molecule has 6 rings (SSSR count). The van der Waals surface area contributed by atoms with Crippen molar-refractivity contribution in [3.63, 3.8) is 0 Å². The van der Waals surface area contributed by atoms with Gasteiger partial charge in [-0.2, -0.15) is 5.10 Å². The van der Waals surface area contributed by atoms with Gasteiger partial charge in [-0.05, 0) is 29.8 Å². The van der Waals surface area contributed by atoms with Crippen molar-refractivity contribution in [2.75, 3.05) is 39.0 Å². The fraction of sp³-hybridized carbons (Fsp3) is 0.379. The normalized spacial score (nSPS) is 20.1. The molecule has 0 aliphatic carbocycles. The van der Waals surface area contributed by atoms with E-state index in [0.29, 0.717) is 23.3 Å². The van der Waals surface area contributed by atoms with E-state index in [1.165, 1.54) is 30.7 Å². The van der Waals surface area contributed by atoms with Crippen LogP contribution < -0.4 is 15.8 Å². The molecule has 2 atom stereocenters. The molecule has 15 heteroatoms. The second-order valence-electron chi connectivity index (χ2n) is 10.9. The lowest BCUT2D eigenvalue weighted by atomic mass is 10.1. The second-order valence-corrected chi connectivity index (χ2v) is 10.9. The maximum Gasteiger partial charge on any atom is 0.272 e. The zero-order valence-electron chi connectivity index (χ0n) is 23.8. The largest absolute Gasteiger partial charge is 0.480 e. The number of halogens is 3. The molecule has 0 spiro atoms. The van der Waals surface area contributed by atoms with Crippen LogP contribution >= 0.6 is 0 Å². The number of anilines is 1. The van der Waals surface area contributed by atoms with E-state index < -0.39 is 30.0 Å². The van der Waals surface area contributed by atoms with Gasteiger partial charge in [-0.25, -0.2) is 27.7 Å². The van der Waals surface area contributed by atoms with Crippen LogP contribution in [0.15, 0.2) is 49.1 Å². The minimum atomic E-state index is -2.67. The highest BCUT2D eigenvalue weighted by Crippen LogP contribution is 2.33. The van der Waals surface area contributed by atoms with Crippen molar-refractivity contribution in [3.05, 3.63) is 65.9 Å². The maximum atomic E-state index is 15.0. The van der Waals surface area contributed by atoms with Crippen LogP contribution in [-0.2, 0) is 6.54 Å². The Labute approximate surface area is 250 Å². The van der Waals surface area contributed by atoms with Crippen molar-refractivity contribution in [2.45, 2.75) is 37.5 Å². The topological polar surface area (TPSA) is 144 Å². The quantitative estimate of drug-likeness (QED) is 0.323. The summed E-state index contributed by atoms with van der Waals surface area (Å²) in [5, 5.41) is 7.03. The Hall–Kier alpha value is -4.79. The maximum absolute atomic E-state index is 15.0. The molecule has 2 amide bonds. The van der Waals surface area contributed by atoms with E-state index >= 15 is 4.39 Å². The number of hydrogen-bond donors (Lipinski definition) is 2. The fourth-order valence-electron chi connectivity index (χ4n) is 5.63. The van der Waals surface area contributed by atoms with Gasteiger partial charge in [-0.1, -0.05) is 6.07 Å². The van der Waals surface area contributed by atoms with Crippen LogP contribution in [0.25, 0.3) is 16.8 Å². The van der Waals surface area contributed by atoms with Gasteiger partial charge in [-0.3, -0.25) is 19.5 Å². The third-order valence-electron chi connectivity index (χ3n) is 7.96. The Morgan fingerprint density at radius 2 is 1.93 bits per heavy atom. The third kappa shape index (κ3) is 5.74. The van der Waals surface area contributed by atoms with Gasteiger partial charge < -0.3 is 20.7 Å². The van der Waals surface area contributed by atoms with Crippen molar-refractivity contribution < 1.29 is 27.5 Å². The summed E-state index contributed by atoms with van der Waals surface area (Å²) < 4.78 is 49.4. The first-order valence-electron chi connectivity index (χ1n) is 14.0. The molecule has 2 fully saturated rings. The van der Waals surface area contributed by atoms with Crippen LogP contribution in [0.3, 0.4) is 0 Å². The summed E-state index contributed by atoms with van der Waals surface area (Å²) in [5.41, 5.74) is 8.71. The van der Waals surface area contributed by atoms with E-state index in [4.69, 9.17) is 10.5 Å². The lowest BCUT2D eigenvalue weighted by molar-refractivity contribution is -0.0565. The average molecular weight is 610 g/mol. The first kappa shape index (κ1) is 29.3. The number of methoxy groups -OCH3 is 1. The molecule has 44 heavy (non-hydrogen) atoms. The zero-order chi connectivity index (χ0) is 31.0. The van der Waals surface area contributed by atoms with E-state index in [0.717, 1.165) is 5.56 Å². The van der Waals surface area contributed by atoms with Crippen molar-refractivity contribution in [1.29, 1.82) is 0 Å². The fourth-order valence-corrected chi connectivity index (χ4v) is 5.63. The Kier molecular flexibility index (Phi) is 7.80. The summed E-state index contributed by atoms with van der Waals surface area (Å²) in [5.74, 6) is -3.51. The van der Waals surface area contributed by atoms with Crippen LogP contribution in [0.5, 0.6) is 5.88 Å². The lowest BCUT2D eigenvalue weighted by Crippen LogP contribution is -2.42. The van der Waals surface area contributed by atoms with Crippen LogP contribution in [0.1, 0.15) is 39.3 Å². The van der Waals surface area contributed by atoms with Crippen LogP contribution in [-0.4, -0.2) is 97.6 Å². The van der Waals surface area contributed by atoms with Gasteiger partial charge >= 0.3 is 0 Å². The Morgan fingerprint density at radius 1 is 1.14 bits per heavy atom. The van der Waals surface area contributed by atoms with Crippen molar-refractivity contribution in [2.24, 2.45) is 0 Å². The SMILES string of the molecule is COc1ncc(-c2cc(CN3CCC(F)(F)CC3)c3c(N)ncnn23)cc1C(=O)N[C@@H]1CN(C(=O)c2ccccn2)C[C@@H]1F. The molecule has 2 aliphatic heterocycles. The van der Waals surface area contributed by atoms with Crippen LogP contribution in [0.4, 0.5) is 19.0 Å². The number of aromatic nitrogens is 5. The molecule has 0 unspecified atom stereocenters. The van der Waals surface area contributed by atoms with Crippen LogP contribution in [0.2, 0.25) is 0 Å². The molecular weight excluding hydrogens is 579 g/mol. The van der Waals surface area contributed by atoms with E-state index in [-0.39, 0.29) is 62.0 Å². The number of piperidine rings is 1. The number of carbonyl (C=O) groups is 2. The number of hydrogen-bond acceptors (Lipinski definition) is 9. The van der Waals surface area contributed by atoms with E-state index in [9.17, 15) is 18.4 Å². The minimum absolute atomic E-state index is 0.0190. The number of nitrogen functional groups attached to an aromatic ring is 1. The number of alkyl halides is 3. The van der Waals surface area contributed by atoms with E-state index in [1.54, 1.807) is 28.8 Å². The van der Waals surface area contributed by atoms with Gasteiger partial charge in [0.25, 0.3) is 17.7 Å². The lowest BCUT2D eigenvalue weighted by Gasteiger charge is -2.31. The minimum Gasteiger partial charge on any atom is -0.480 e. The number of carbonyl (C=O) groups excluding carboxylic acids is 2. The van der Waals surface area contributed by atoms with E-state index in [1.807, 2.05) is 11.0 Å². The number of pyridine rings is 2. The number of ether oxygens (including phenoxy) is 1. The molecule has 2 aliphatic rings. The molecule has 0 saturated carbocycles. The van der Waals surface area contributed by atoms with E-state index in [2.05, 4.69) is 25.4 Å². The number of nitrogens with one attached hydrogen (secondary N) is 1. The molecule has 230 valence electrons. The second kappa shape index (κ2) is 11.7. The molecule has 0 bridgehead atoms. The number of nitrogens with two attached hydrogens (primary N) is 1. The van der Waals surface area contributed by atoms with Crippen molar-refractivity contribution in [3.8, 4) is 17.1 Å². The summed E-state index contributed by atoms with van der Waals surface area (Å²) in [4.78, 5) is 41.9. The molecular formula is C29H30F3N9O3. The molecule has 0 radical (unpaired) electrons. The molecule has 3 N–H and O–H groups in total.